The van der Waals surface area contributed by atoms with Crippen molar-refractivity contribution in [3.8, 4) is 17.1 Å². The highest BCUT2D eigenvalue weighted by atomic mass is 32.2. The smallest absolute Gasteiger partial charge is 0.230 e. The third kappa shape index (κ3) is 5.36. The summed E-state index contributed by atoms with van der Waals surface area (Å²) < 4.78 is 7.58. The summed E-state index contributed by atoms with van der Waals surface area (Å²) >= 11 is 1.49. The van der Waals surface area contributed by atoms with E-state index in [1.165, 1.54) is 31.0 Å². The van der Waals surface area contributed by atoms with Gasteiger partial charge >= 0.3 is 0 Å². The lowest BCUT2D eigenvalue weighted by Gasteiger charge is -2.31. The van der Waals surface area contributed by atoms with Gasteiger partial charge in [0.05, 0.1) is 12.9 Å². The second-order valence-electron chi connectivity index (χ2n) is 8.10. The molecule has 0 saturated heterocycles. The third-order valence-corrected chi connectivity index (χ3v) is 7.04. The third-order valence-electron chi connectivity index (χ3n) is 6.09. The van der Waals surface area contributed by atoms with Crippen molar-refractivity contribution in [3.63, 3.8) is 0 Å². The largest absolute Gasteiger partial charge is 0.497 e. The molecule has 0 bridgehead atoms. The van der Waals surface area contributed by atoms with Crippen LogP contribution >= 0.6 is 11.8 Å². The van der Waals surface area contributed by atoms with Gasteiger partial charge in [0.1, 0.15) is 5.75 Å². The molecular formula is C23H34N4O2S. The van der Waals surface area contributed by atoms with Gasteiger partial charge in [-0.1, -0.05) is 45.4 Å². The molecule has 0 radical (unpaired) electrons. The molecule has 1 aromatic carbocycles. The summed E-state index contributed by atoms with van der Waals surface area (Å²) in [6, 6.07) is 8.56. The molecule has 1 aliphatic carbocycles. The zero-order valence-electron chi connectivity index (χ0n) is 18.6. The van der Waals surface area contributed by atoms with Gasteiger partial charge in [-0.25, -0.2) is 0 Å². The normalized spacial score (nSPS) is 19.1. The molecular weight excluding hydrogens is 396 g/mol. The van der Waals surface area contributed by atoms with Gasteiger partial charge in [0.2, 0.25) is 5.91 Å². The number of hydrogen-bond donors (Lipinski definition) is 1. The van der Waals surface area contributed by atoms with Gasteiger partial charge in [0, 0.05) is 17.6 Å². The van der Waals surface area contributed by atoms with E-state index in [-0.39, 0.29) is 11.9 Å². The molecule has 1 saturated carbocycles. The maximum absolute atomic E-state index is 12.4. The summed E-state index contributed by atoms with van der Waals surface area (Å²) in [5, 5.41) is 13.0. The van der Waals surface area contributed by atoms with Crippen molar-refractivity contribution in [2.75, 3.05) is 12.9 Å². The zero-order valence-corrected chi connectivity index (χ0v) is 19.4. The minimum absolute atomic E-state index is 0.0611. The summed E-state index contributed by atoms with van der Waals surface area (Å²) in [7, 11) is 1.67. The minimum Gasteiger partial charge on any atom is -0.497 e. The number of benzene rings is 1. The molecule has 1 N–H and O–H groups in total. The minimum atomic E-state index is 0.0611. The molecule has 30 heavy (non-hydrogen) atoms. The number of thioether (sulfide) groups is 1. The molecule has 3 rings (SSSR count). The van der Waals surface area contributed by atoms with E-state index in [0.717, 1.165) is 41.6 Å². The Morgan fingerprint density at radius 3 is 2.53 bits per heavy atom. The van der Waals surface area contributed by atoms with Gasteiger partial charge in [-0.15, -0.1) is 10.2 Å². The molecule has 1 aromatic heterocycles. The Kier molecular flexibility index (Phi) is 8.19. The molecule has 1 heterocycles. The molecule has 7 heteroatoms. The fraction of sp³-hybridized carbons (Fsp3) is 0.609. The Hall–Kier alpha value is -2.02. The molecule has 6 nitrogen and oxygen atoms in total. The summed E-state index contributed by atoms with van der Waals surface area (Å²) in [6.07, 6.45) is 6.72. The number of methoxy groups -OCH3 is 1. The average molecular weight is 431 g/mol. The number of carbonyl (C=O) groups excluding carboxylic acids is 1. The monoisotopic (exact) mass is 430 g/mol. The van der Waals surface area contributed by atoms with Crippen LogP contribution in [0, 0.1) is 5.92 Å². The lowest BCUT2D eigenvalue weighted by Crippen LogP contribution is -2.35. The van der Waals surface area contributed by atoms with E-state index in [9.17, 15) is 4.79 Å². The van der Waals surface area contributed by atoms with Crippen LogP contribution in [0.1, 0.15) is 65.3 Å². The second-order valence-corrected chi connectivity index (χ2v) is 9.05. The second kappa shape index (κ2) is 10.8. The lowest BCUT2D eigenvalue weighted by atomic mass is 9.85. The Morgan fingerprint density at radius 2 is 1.90 bits per heavy atom. The Bertz CT molecular complexity index is 817. The fourth-order valence-corrected chi connectivity index (χ4v) is 4.99. The maximum Gasteiger partial charge on any atom is 0.230 e. The van der Waals surface area contributed by atoms with Crippen LogP contribution in [0.15, 0.2) is 29.4 Å². The SMILES string of the molecule is CCC(CC)NC(=O)CSc1nnc(-c2ccc(OC)cc2)n1[C@H]1CCCC[C@@H]1C. The summed E-state index contributed by atoms with van der Waals surface area (Å²) in [5.74, 6) is 2.68. The van der Waals surface area contributed by atoms with Crippen molar-refractivity contribution in [3.05, 3.63) is 24.3 Å². The Morgan fingerprint density at radius 1 is 1.20 bits per heavy atom. The highest BCUT2D eigenvalue weighted by molar-refractivity contribution is 7.99. The number of amides is 1. The molecule has 2 aromatic rings. The van der Waals surface area contributed by atoms with E-state index >= 15 is 0 Å². The summed E-state index contributed by atoms with van der Waals surface area (Å²) in [6.45, 7) is 6.52. The van der Waals surface area contributed by atoms with Crippen molar-refractivity contribution in [1.29, 1.82) is 0 Å². The first-order valence-electron chi connectivity index (χ1n) is 11.1. The number of hydrogen-bond acceptors (Lipinski definition) is 5. The first kappa shape index (κ1) is 22.7. The fourth-order valence-electron chi connectivity index (χ4n) is 4.18. The van der Waals surface area contributed by atoms with Gasteiger partial charge in [0.15, 0.2) is 11.0 Å². The Balaban J connectivity index is 1.85. The van der Waals surface area contributed by atoms with Crippen LogP contribution in [0.2, 0.25) is 0 Å². The topological polar surface area (TPSA) is 69.0 Å². The van der Waals surface area contributed by atoms with E-state index in [4.69, 9.17) is 4.74 Å². The number of carbonyl (C=O) groups is 1. The van der Waals surface area contributed by atoms with Gasteiger partial charge in [-0.2, -0.15) is 0 Å². The molecule has 1 fully saturated rings. The molecule has 1 amide bonds. The standard InChI is InChI=1S/C23H34N4O2S/c1-5-18(6-2)24-21(28)15-30-23-26-25-22(17-11-13-19(29-4)14-12-17)27(23)20-10-8-7-9-16(20)3/h11-14,16,18,20H,5-10,15H2,1-4H3,(H,24,28)/t16-,20-/m0/s1. The van der Waals surface area contributed by atoms with E-state index in [1.807, 2.05) is 24.3 Å². The van der Waals surface area contributed by atoms with Crippen molar-refractivity contribution in [2.45, 2.75) is 76.5 Å². The van der Waals surface area contributed by atoms with Crippen LogP contribution in [0.25, 0.3) is 11.4 Å². The van der Waals surface area contributed by atoms with Crippen molar-refractivity contribution in [2.24, 2.45) is 5.92 Å². The molecule has 2 atom stereocenters. The van der Waals surface area contributed by atoms with Crippen LogP contribution in [0.5, 0.6) is 5.75 Å². The van der Waals surface area contributed by atoms with Crippen molar-refractivity contribution in [1.82, 2.24) is 20.1 Å². The maximum atomic E-state index is 12.4. The highest BCUT2D eigenvalue weighted by Crippen LogP contribution is 2.39. The lowest BCUT2D eigenvalue weighted by molar-refractivity contribution is -0.119. The van der Waals surface area contributed by atoms with Crippen molar-refractivity contribution < 1.29 is 9.53 Å². The number of ether oxygens (including phenoxy) is 1. The molecule has 164 valence electrons. The van der Waals surface area contributed by atoms with Gasteiger partial charge in [-0.3, -0.25) is 9.36 Å². The first-order valence-corrected chi connectivity index (χ1v) is 12.1. The molecule has 0 unspecified atom stereocenters. The highest BCUT2D eigenvalue weighted by Gasteiger charge is 2.29. The summed E-state index contributed by atoms with van der Waals surface area (Å²) in [4.78, 5) is 12.4. The number of nitrogens with zero attached hydrogens (tertiary/aromatic N) is 3. The van der Waals surface area contributed by atoms with E-state index < -0.39 is 0 Å². The quantitative estimate of drug-likeness (QED) is 0.560. The van der Waals surface area contributed by atoms with Gasteiger partial charge in [0.25, 0.3) is 0 Å². The molecule has 0 aliphatic heterocycles. The number of aromatic nitrogens is 3. The van der Waals surface area contributed by atoms with E-state index in [0.29, 0.717) is 17.7 Å². The zero-order chi connectivity index (χ0) is 21.5. The van der Waals surface area contributed by atoms with Crippen LogP contribution in [0.4, 0.5) is 0 Å². The number of nitrogens with one attached hydrogen (secondary N) is 1. The predicted octanol–water partition coefficient (Wildman–Crippen LogP) is 5.10. The Labute approximate surface area is 184 Å². The molecule has 0 spiro atoms. The molecule has 1 aliphatic rings. The summed E-state index contributed by atoms with van der Waals surface area (Å²) in [5.41, 5.74) is 1.02. The van der Waals surface area contributed by atoms with Crippen molar-refractivity contribution >= 4 is 17.7 Å². The number of rotatable bonds is 9. The van der Waals surface area contributed by atoms with Crippen LogP contribution < -0.4 is 10.1 Å². The van der Waals surface area contributed by atoms with Gasteiger partial charge < -0.3 is 10.1 Å². The van der Waals surface area contributed by atoms with Gasteiger partial charge in [-0.05, 0) is 55.9 Å². The van der Waals surface area contributed by atoms with Crippen LogP contribution in [-0.2, 0) is 4.79 Å². The predicted molar refractivity (Wildman–Crippen MR) is 122 cm³/mol. The first-order chi connectivity index (χ1) is 14.6. The van der Waals surface area contributed by atoms with Crippen LogP contribution in [-0.4, -0.2) is 39.6 Å². The van der Waals surface area contributed by atoms with E-state index in [1.54, 1.807) is 7.11 Å². The van der Waals surface area contributed by atoms with Crippen LogP contribution in [0.3, 0.4) is 0 Å². The average Bonchev–Trinajstić information content (AvgIpc) is 3.20. The van der Waals surface area contributed by atoms with E-state index in [2.05, 4.69) is 40.9 Å².